The molecule has 0 aliphatic rings. The monoisotopic (exact) mass is 225 g/mol. The minimum atomic E-state index is 0.181. The molecule has 0 aromatic carbocycles. The van der Waals surface area contributed by atoms with Crippen LogP contribution in [0, 0.1) is 5.41 Å². The van der Waals surface area contributed by atoms with Gasteiger partial charge in [0.15, 0.2) is 5.78 Å². The van der Waals surface area contributed by atoms with Crippen LogP contribution in [0.2, 0.25) is 0 Å². The molecule has 0 saturated heterocycles. The van der Waals surface area contributed by atoms with E-state index in [1.54, 1.807) is 11.3 Å². The number of ketones is 1. The van der Waals surface area contributed by atoms with Gasteiger partial charge < -0.3 is 5.73 Å². The molecular formula is C12H19NOS. The Kier molecular flexibility index (Phi) is 4.48. The zero-order chi connectivity index (χ0) is 11.3. The van der Waals surface area contributed by atoms with Crippen molar-refractivity contribution in [1.29, 1.82) is 0 Å². The van der Waals surface area contributed by atoms with E-state index in [1.807, 2.05) is 16.8 Å². The maximum atomic E-state index is 11.7. The van der Waals surface area contributed by atoms with E-state index in [1.165, 1.54) is 0 Å². The van der Waals surface area contributed by atoms with E-state index >= 15 is 0 Å². The van der Waals surface area contributed by atoms with Crippen LogP contribution >= 0.6 is 11.3 Å². The van der Waals surface area contributed by atoms with E-state index in [4.69, 9.17) is 5.73 Å². The Morgan fingerprint density at radius 3 is 2.73 bits per heavy atom. The molecule has 15 heavy (non-hydrogen) atoms. The van der Waals surface area contributed by atoms with Gasteiger partial charge in [-0.1, -0.05) is 13.8 Å². The molecule has 1 rings (SSSR count). The van der Waals surface area contributed by atoms with Gasteiger partial charge in [-0.15, -0.1) is 0 Å². The van der Waals surface area contributed by atoms with E-state index in [2.05, 4.69) is 13.8 Å². The number of carbonyl (C=O) groups is 1. The third kappa shape index (κ3) is 4.14. The Hall–Kier alpha value is -0.670. The molecule has 1 heterocycles. The van der Waals surface area contributed by atoms with Crippen molar-refractivity contribution in [3.63, 3.8) is 0 Å². The Bertz CT molecular complexity index is 303. The summed E-state index contributed by atoms with van der Waals surface area (Å²) in [6.45, 7) is 5.03. The molecule has 0 unspecified atom stereocenters. The lowest BCUT2D eigenvalue weighted by Crippen LogP contribution is -2.18. The molecule has 0 aliphatic carbocycles. The lowest BCUT2D eigenvalue weighted by atomic mass is 9.83. The molecule has 0 fully saturated rings. The third-order valence-electron chi connectivity index (χ3n) is 2.69. The van der Waals surface area contributed by atoms with Crippen molar-refractivity contribution in [2.24, 2.45) is 11.1 Å². The molecule has 0 atom stereocenters. The van der Waals surface area contributed by atoms with Gasteiger partial charge in [0.2, 0.25) is 0 Å². The predicted molar refractivity (Wildman–Crippen MR) is 65.3 cm³/mol. The van der Waals surface area contributed by atoms with Crippen molar-refractivity contribution in [3.8, 4) is 0 Å². The quantitative estimate of drug-likeness (QED) is 0.756. The molecular weight excluding hydrogens is 206 g/mol. The van der Waals surface area contributed by atoms with Crippen LogP contribution in [0.1, 0.15) is 43.5 Å². The van der Waals surface area contributed by atoms with Crippen LogP contribution in [0.15, 0.2) is 16.8 Å². The maximum absolute atomic E-state index is 11.7. The normalized spacial score (nSPS) is 11.7. The van der Waals surface area contributed by atoms with E-state index < -0.39 is 0 Å². The number of thiophene rings is 1. The first-order chi connectivity index (χ1) is 7.05. The van der Waals surface area contributed by atoms with Crippen molar-refractivity contribution < 1.29 is 4.79 Å². The smallest absolute Gasteiger partial charge is 0.163 e. The van der Waals surface area contributed by atoms with Gasteiger partial charge in [0.1, 0.15) is 0 Å². The minimum absolute atomic E-state index is 0.181. The molecule has 3 heteroatoms. The minimum Gasteiger partial charge on any atom is -0.330 e. The fraction of sp³-hybridized carbons (Fsp3) is 0.583. The average Bonchev–Trinajstić information content (AvgIpc) is 2.67. The van der Waals surface area contributed by atoms with Crippen molar-refractivity contribution in [3.05, 3.63) is 22.4 Å². The van der Waals surface area contributed by atoms with Crippen LogP contribution in [0.3, 0.4) is 0 Å². The molecule has 1 aromatic rings. The number of Topliss-reactive ketones (excluding diaryl/α,β-unsaturated/α-hetero) is 1. The van der Waals surface area contributed by atoms with Gasteiger partial charge in [0.25, 0.3) is 0 Å². The van der Waals surface area contributed by atoms with Gasteiger partial charge in [0.05, 0.1) is 0 Å². The topological polar surface area (TPSA) is 43.1 Å². The van der Waals surface area contributed by atoms with Crippen LogP contribution in [0.4, 0.5) is 0 Å². The van der Waals surface area contributed by atoms with Crippen LogP contribution in [0.25, 0.3) is 0 Å². The van der Waals surface area contributed by atoms with Gasteiger partial charge in [-0.25, -0.2) is 0 Å². The fourth-order valence-electron chi connectivity index (χ4n) is 1.54. The van der Waals surface area contributed by atoms with Crippen molar-refractivity contribution in [1.82, 2.24) is 0 Å². The highest BCUT2D eigenvalue weighted by atomic mass is 32.1. The Balaban J connectivity index is 2.40. The standard InChI is InChI=1S/C12H19NOS/c1-12(2,6-7-13)5-3-11(14)10-4-8-15-9-10/h4,8-9H,3,5-7,13H2,1-2H3. The number of rotatable bonds is 6. The second-order valence-electron chi connectivity index (χ2n) is 4.64. The number of hydrogen-bond donors (Lipinski definition) is 1. The van der Waals surface area contributed by atoms with Gasteiger partial charge in [0, 0.05) is 17.4 Å². The van der Waals surface area contributed by atoms with Crippen LogP contribution in [0.5, 0.6) is 0 Å². The first-order valence-electron chi connectivity index (χ1n) is 5.31. The van der Waals surface area contributed by atoms with Gasteiger partial charge in [-0.3, -0.25) is 4.79 Å². The molecule has 2 N–H and O–H groups in total. The predicted octanol–water partition coefficient (Wildman–Crippen LogP) is 3.09. The number of carbonyl (C=O) groups excluding carboxylic acids is 1. The SMILES string of the molecule is CC(C)(CCN)CCC(=O)c1ccsc1. The Labute approximate surface area is 95.5 Å². The van der Waals surface area contributed by atoms with Crippen molar-refractivity contribution in [2.75, 3.05) is 6.54 Å². The highest BCUT2D eigenvalue weighted by Gasteiger charge is 2.18. The fourth-order valence-corrected chi connectivity index (χ4v) is 2.20. The van der Waals surface area contributed by atoms with Gasteiger partial charge in [-0.05, 0) is 36.2 Å². The largest absolute Gasteiger partial charge is 0.330 e. The summed E-state index contributed by atoms with van der Waals surface area (Å²) in [5, 5.41) is 3.86. The highest BCUT2D eigenvalue weighted by Crippen LogP contribution is 2.26. The highest BCUT2D eigenvalue weighted by molar-refractivity contribution is 7.08. The molecule has 0 amide bonds. The first-order valence-corrected chi connectivity index (χ1v) is 6.25. The summed E-state index contributed by atoms with van der Waals surface area (Å²) >= 11 is 1.57. The summed E-state index contributed by atoms with van der Waals surface area (Å²) in [5.74, 6) is 0.251. The zero-order valence-corrected chi connectivity index (χ0v) is 10.3. The molecule has 2 nitrogen and oxygen atoms in total. The van der Waals surface area contributed by atoms with Crippen LogP contribution < -0.4 is 5.73 Å². The summed E-state index contributed by atoms with van der Waals surface area (Å²) in [7, 11) is 0. The molecule has 0 radical (unpaired) electrons. The van der Waals surface area contributed by atoms with E-state index in [-0.39, 0.29) is 11.2 Å². The van der Waals surface area contributed by atoms with E-state index in [9.17, 15) is 4.79 Å². The average molecular weight is 225 g/mol. The first kappa shape index (κ1) is 12.4. The summed E-state index contributed by atoms with van der Waals surface area (Å²) in [4.78, 5) is 11.7. The Morgan fingerprint density at radius 2 is 2.20 bits per heavy atom. The Morgan fingerprint density at radius 1 is 1.47 bits per heavy atom. The van der Waals surface area contributed by atoms with Crippen LogP contribution in [-0.4, -0.2) is 12.3 Å². The second-order valence-corrected chi connectivity index (χ2v) is 5.42. The molecule has 0 aliphatic heterocycles. The van der Waals surface area contributed by atoms with E-state index in [0.717, 1.165) is 18.4 Å². The maximum Gasteiger partial charge on any atom is 0.163 e. The molecule has 0 bridgehead atoms. The van der Waals surface area contributed by atoms with Gasteiger partial charge in [-0.2, -0.15) is 11.3 Å². The summed E-state index contributed by atoms with van der Waals surface area (Å²) < 4.78 is 0. The van der Waals surface area contributed by atoms with E-state index in [0.29, 0.717) is 13.0 Å². The van der Waals surface area contributed by atoms with Crippen molar-refractivity contribution in [2.45, 2.75) is 33.1 Å². The number of hydrogen-bond acceptors (Lipinski definition) is 3. The van der Waals surface area contributed by atoms with Crippen molar-refractivity contribution >= 4 is 17.1 Å². The number of nitrogens with two attached hydrogens (primary N) is 1. The summed E-state index contributed by atoms with van der Waals surface area (Å²) in [6.07, 6.45) is 2.52. The molecule has 0 saturated carbocycles. The summed E-state index contributed by atoms with van der Waals surface area (Å²) in [6, 6.07) is 1.89. The zero-order valence-electron chi connectivity index (χ0n) is 9.45. The second kappa shape index (κ2) is 5.42. The molecule has 0 spiro atoms. The lowest BCUT2D eigenvalue weighted by molar-refractivity contribution is 0.0962. The molecule has 84 valence electrons. The summed E-state index contributed by atoms with van der Waals surface area (Å²) in [5.41, 5.74) is 6.56. The van der Waals surface area contributed by atoms with Gasteiger partial charge >= 0.3 is 0 Å². The molecule has 1 aromatic heterocycles. The third-order valence-corrected chi connectivity index (χ3v) is 3.38. The lowest BCUT2D eigenvalue weighted by Gasteiger charge is -2.23. The van der Waals surface area contributed by atoms with Crippen LogP contribution in [-0.2, 0) is 0 Å².